The van der Waals surface area contributed by atoms with E-state index in [9.17, 15) is 9.90 Å². The number of hydrogen-bond acceptors (Lipinski definition) is 2. The molecule has 0 radical (unpaired) electrons. The number of hydrogen-bond donors (Lipinski definition) is 2. The molecule has 0 aromatic heterocycles. The summed E-state index contributed by atoms with van der Waals surface area (Å²) in [6.07, 6.45) is 3.60. The van der Waals surface area contributed by atoms with Crippen LogP contribution in [0.5, 0.6) is 0 Å². The number of carbonyl (C=O) groups is 1. The standard InChI is InChI=1S/C11H21NO2/c1-10(2,3)8-6-4-5-7-11(8,12)9(13)14/h8H,4-7,12H2,1-3H3,(H,13,14). The van der Waals surface area contributed by atoms with Crippen molar-refractivity contribution in [3.05, 3.63) is 0 Å². The molecule has 0 heterocycles. The van der Waals surface area contributed by atoms with Crippen LogP contribution in [0.2, 0.25) is 0 Å². The van der Waals surface area contributed by atoms with Gasteiger partial charge in [0.2, 0.25) is 0 Å². The van der Waals surface area contributed by atoms with Crippen molar-refractivity contribution in [2.45, 2.75) is 52.0 Å². The van der Waals surface area contributed by atoms with Gasteiger partial charge in [-0.15, -0.1) is 0 Å². The number of nitrogens with two attached hydrogens (primary N) is 1. The molecule has 1 aliphatic carbocycles. The molecule has 0 bridgehead atoms. The maximum Gasteiger partial charge on any atom is 0.323 e. The van der Waals surface area contributed by atoms with Crippen LogP contribution in [0.15, 0.2) is 0 Å². The topological polar surface area (TPSA) is 63.3 Å². The van der Waals surface area contributed by atoms with Crippen LogP contribution in [0.3, 0.4) is 0 Å². The molecular weight excluding hydrogens is 178 g/mol. The number of aliphatic carboxylic acids is 1. The largest absolute Gasteiger partial charge is 0.480 e. The average Bonchev–Trinajstić information content (AvgIpc) is 2.02. The van der Waals surface area contributed by atoms with Crippen molar-refractivity contribution in [1.82, 2.24) is 0 Å². The van der Waals surface area contributed by atoms with Gasteiger partial charge in [-0.2, -0.15) is 0 Å². The zero-order chi connectivity index (χ0) is 11.0. The number of rotatable bonds is 1. The number of carboxylic acid groups (broad SMARTS) is 1. The van der Waals surface area contributed by atoms with Gasteiger partial charge in [0.05, 0.1) is 0 Å². The Morgan fingerprint density at radius 2 is 2.00 bits per heavy atom. The highest BCUT2D eigenvalue weighted by molar-refractivity contribution is 5.79. The van der Waals surface area contributed by atoms with Crippen LogP contribution in [0.4, 0.5) is 0 Å². The zero-order valence-corrected chi connectivity index (χ0v) is 9.34. The van der Waals surface area contributed by atoms with Gasteiger partial charge >= 0.3 is 5.97 Å². The highest BCUT2D eigenvalue weighted by Gasteiger charge is 2.48. The minimum absolute atomic E-state index is 0.0203. The Hall–Kier alpha value is -0.570. The predicted octanol–water partition coefficient (Wildman–Crippen LogP) is 2.00. The van der Waals surface area contributed by atoms with E-state index in [0.717, 1.165) is 19.3 Å². The molecule has 0 amide bonds. The highest BCUT2D eigenvalue weighted by atomic mass is 16.4. The van der Waals surface area contributed by atoms with Crippen molar-refractivity contribution in [3.63, 3.8) is 0 Å². The lowest BCUT2D eigenvalue weighted by atomic mass is 9.62. The molecule has 0 aromatic rings. The molecular formula is C11H21NO2. The van der Waals surface area contributed by atoms with Gasteiger partial charge in [-0.3, -0.25) is 4.79 Å². The van der Waals surface area contributed by atoms with Crippen LogP contribution in [0.1, 0.15) is 46.5 Å². The summed E-state index contributed by atoms with van der Waals surface area (Å²) in [7, 11) is 0. The summed E-state index contributed by atoms with van der Waals surface area (Å²) in [5, 5.41) is 9.21. The van der Waals surface area contributed by atoms with Gasteiger partial charge in [-0.05, 0) is 24.2 Å². The fourth-order valence-electron chi connectivity index (χ4n) is 2.66. The maximum absolute atomic E-state index is 11.2. The first kappa shape index (κ1) is 11.5. The Labute approximate surface area is 85.7 Å². The first-order chi connectivity index (χ1) is 6.28. The quantitative estimate of drug-likeness (QED) is 0.679. The summed E-state index contributed by atoms with van der Waals surface area (Å²) in [4.78, 5) is 11.2. The van der Waals surface area contributed by atoms with E-state index in [2.05, 4.69) is 20.8 Å². The van der Waals surface area contributed by atoms with E-state index in [-0.39, 0.29) is 11.3 Å². The minimum Gasteiger partial charge on any atom is -0.480 e. The first-order valence-corrected chi connectivity index (χ1v) is 5.31. The van der Waals surface area contributed by atoms with E-state index in [0.29, 0.717) is 6.42 Å². The fraction of sp³-hybridized carbons (Fsp3) is 0.909. The van der Waals surface area contributed by atoms with E-state index in [1.54, 1.807) is 0 Å². The normalized spacial score (nSPS) is 34.1. The third-order valence-electron chi connectivity index (χ3n) is 3.40. The van der Waals surface area contributed by atoms with Crippen LogP contribution in [0, 0.1) is 11.3 Å². The van der Waals surface area contributed by atoms with Crippen molar-refractivity contribution in [1.29, 1.82) is 0 Å². The van der Waals surface area contributed by atoms with Gasteiger partial charge in [0.15, 0.2) is 0 Å². The van der Waals surface area contributed by atoms with Crippen molar-refractivity contribution in [2.75, 3.05) is 0 Å². The average molecular weight is 199 g/mol. The second-order valence-corrected chi connectivity index (χ2v) is 5.51. The van der Waals surface area contributed by atoms with Gasteiger partial charge in [-0.1, -0.05) is 33.6 Å². The summed E-state index contributed by atoms with van der Waals surface area (Å²) in [6.45, 7) is 6.23. The van der Waals surface area contributed by atoms with Gasteiger partial charge in [0, 0.05) is 0 Å². The van der Waals surface area contributed by atoms with Crippen LogP contribution < -0.4 is 5.73 Å². The van der Waals surface area contributed by atoms with Crippen LogP contribution in [0.25, 0.3) is 0 Å². The lowest BCUT2D eigenvalue weighted by Crippen LogP contribution is -2.59. The Balaban J connectivity index is 2.95. The molecule has 1 rings (SSSR count). The SMILES string of the molecule is CC(C)(C)C1CCCCC1(N)C(=O)O. The lowest BCUT2D eigenvalue weighted by molar-refractivity contribution is -0.149. The monoisotopic (exact) mass is 199 g/mol. The molecule has 0 saturated heterocycles. The molecule has 82 valence electrons. The van der Waals surface area contributed by atoms with Gasteiger partial charge < -0.3 is 10.8 Å². The molecule has 3 nitrogen and oxygen atoms in total. The molecule has 1 saturated carbocycles. The van der Waals surface area contributed by atoms with E-state index in [1.165, 1.54) is 0 Å². The van der Waals surface area contributed by atoms with Crippen LogP contribution >= 0.6 is 0 Å². The second kappa shape index (κ2) is 3.54. The molecule has 1 aliphatic rings. The van der Waals surface area contributed by atoms with Gasteiger partial charge in [0.25, 0.3) is 0 Å². The molecule has 1 fully saturated rings. The number of carboxylic acids is 1. The van der Waals surface area contributed by atoms with E-state index >= 15 is 0 Å². The molecule has 0 aliphatic heterocycles. The summed E-state index contributed by atoms with van der Waals surface area (Å²) < 4.78 is 0. The Kier molecular flexibility index (Phi) is 2.91. The Bertz CT molecular complexity index is 232. The van der Waals surface area contributed by atoms with Gasteiger partial charge in [0.1, 0.15) is 5.54 Å². The Morgan fingerprint density at radius 1 is 1.43 bits per heavy atom. The van der Waals surface area contributed by atoms with Gasteiger partial charge in [-0.25, -0.2) is 0 Å². The molecule has 3 heteroatoms. The zero-order valence-electron chi connectivity index (χ0n) is 9.34. The molecule has 2 unspecified atom stereocenters. The molecule has 0 spiro atoms. The summed E-state index contributed by atoms with van der Waals surface area (Å²) in [5.41, 5.74) is 5.01. The van der Waals surface area contributed by atoms with E-state index in [1.807, 2.05) is 0 Å². The fourth-order valence-corrected chi connectivity index (χ4v) is 2.66. The Morgan fingerprint density at radius 3 is 2.36 bits per heavy atom. The maximum atomic E-state index is 11.2. The predicted molar refractivity (Wildman–Crippen MR) is 56.0 cm³/mol. The first-order valence-electron chi connectivity index (χ1n) is 5.31. The molecule has 3 N–H and O–H groups in total. The smallest absolute Gasteiger partial charge is 0.323 e. The summed E-state index contributed by atoms with van der Waals surface area (Å²) >= 11 is 0. The third-order valence-corrected chi connectivity index (χ3v) is 3.40. The van der Waals surface area contributed by atoms with Crippen molar-refractivity contribution in [2.24, 2.45) is 17.1 Å². The van der Waals surface area contributed by atoms with E-state index in [4.69, 9.17) is 5.73 Å². The summed E-state index contributed by atoms with van der Waals surface area (Å²) in [6, 6.07) is 0. The molecule has 14 heavy (non-hydrogen) atoms. The lowest BCUT2D eigenvalue weighted by Gasteiger charge is -2.45. The van der Waals surface area contributed by atoms with Crippen molar-refractivity contribution >= 4 is 5.97 Å². The van der Waals surface area contributed by atoms with Crippen LogP contribution in [-0.4, -0.2) is 16.6 Å². The molecule has 2 atom stereocenters. The second-order valence-electron chi connectivity index (χ2n) is 5.51. The highest BCUT2D eigenvalue weighted by Crippen LogP contribution is 2.43. The molecule has 0 aromatic carbocycles. The minimum atomic E-state index is -1.00. The van der Waals surface area contributed by atoms with E-state index < -0.39 is 11.5 Å². The van der Waals surface area contributed by atoms with Crippen molar-refractivity contribution in [3.8, 4) is 0 Å². The van der Waals surface area contributed by atoms with Crippen LogP contribution in [-0.2, 0) is 4.79 Å². The summed E-state index contributed by atoms with van der Waals surface area (Å²) in [5.74, 6) is -0.752. The third kappa shape index (κ3) is 1.92. The van der Waals surface area contributed by atoms with Crippen molar-refractivity contribution < 1.29 is 9.90 Å².